The minimum atomic E-state index is 0.0712. The van der Waals surface area contributed by atoms with Gasteiger partial charge in [0.05, 0.1) is 27.2 Å². The van der Waals surface area contributed by atoms with Crippen molar-refractivity contribution in [3.05, 3.63) is 70.2 Å². The fourth-order valence-electron chi connectivity index (χ4n) is 4.47. The maximum atomic E-state index is 13.7. The van der Waals surface area contributed by atoms with Crippen molar-refractivity contribution in [3.8, 4) is 10.6 Å². The van der Waals surface area contributed by atoms with E-state index in [0.29, 0.717) is 5.56 Å². The Kier molecular flexibility index (Phi) is 5.53. The minimum absolute atomic E-state index is 0.0712. The Morgan fingerprint density at radius 1 is 1.06 bits per heavy atom. The van der Waals surface area contributed by atoms with Crippen LogP contribution in [-0.2, 0) is 13.6 Å². The van der Waals surface area contributed by atoms with Crippen LogP contribution in [0.4, 0.5) is 0 Å². The van der Waals surface area contributed by atoms with Crippen molar-refractivity contribution < 1.29 is 4.79 Å². The molecule has 4 aromatic rings. The molecule has 1 fully saturated rings. The number of carbonyl (C=O) groups excluding carboxylic acids is 1. The molecule has 1 aliphatic rings. The molecule has 1 aliphatic heterocycles. The molecule has 6 nitrogen and oxygen atoms in total. The third-order valence-electron chi connectivity index (χ3n) is 6.29. The summed E-state index contributed by atoms with van der Waals surface area (Å²) in [5.74, 6) is 0.0712. The lowest BCUT2D eigenvalue weighted by Gasteiger charge is -2.35. The predicted octanol–water partition coefficient (Wildman–Crippen LogP) is 4.27. The summed E-state index contributed by atoms with van der Waals surface area (Å²) >= 11 is 1.63. The van der Waals surface area contributed by atoms with E-state index in [4.69, 9.17) is 4.98 Å². The second-order valence-electron chi connectivity index (χ2n) is 8.43. The monoisotopic (exact) mass is 445 g/mol. The molecule has 164 valence electrons. The number of pyridine rings is 1. The predicted molar refractivity (Wildman–Crippen MR) is 129 cm³/mol. The third kappa shape index (κ3) is 3.82. The van der Waals surface area contributed by atoms with E-state index in [0.717, 1.165) is 60.0 Å². The van der Waals surface area contributed by atoms with Crippen LogP contribution in [0.5, 0.6) is 0 Å². The number of rotatable bonds is 4. The molecule has 3 aromatic heterocycles. The second-order valence-corrected chi connectivity index (χ2v) is 9.38. The zero-order valence-electron chi connectivity index (χ0n) is 18.7. The van der Waals surface area contributed by atoms with Gasteiger partial charge in [-0.25, -0.2) is 4.98 Å². The molecule has 7 heteroatoms. The van der Waals surface area contributed by atoms with E-state index in [-0.39, 0.29) is 5.91 Å². The topological polar surface area (TPSA) is 54.3 Å². The molecule has 0 aliphatic carbocycles. The van der Waals surface area contributed by atoms with Gasteiger partial charge in [0, 0.05) is 39.8 Å². The molecule has 0 spiro atoms. The Bertz CT molecular complexity index is 1270. The van der Waals surface area contributed by atoms with Crippen LogP contribution in [0.2, 0.25) is 0 Å². The van der Waals surface area contributed by atoms with Gasteiger partial charge in [0.15, 0.2) is 5.65 Å². The van der Waals surface area contributed by atoms with Crippen LogP contribution in [0.3, 0.4) is 0 Å². The van der Waals surface area contributed by atoms with Crippen LogP contribution in [0.15, 0.2) is 47.8 Å². The van der Waals surface area contributed by atoms with Crippen molar-refractivity contribution in [2.75, 3.05) is 26.2 Å². The van der Waals surface area contributed by atoms with Crippen molar-refractivity contribution in [1.29, 1.82) is 0 Å². The number of amides is 1. The van der Waals surface area contributed by atoms with Gasteiger partial charge < -0.3 is 4.90 Å². The summed E-state index contributed by atoms with van der Waals surface area (Å²) in [7, 11) is 1.89. The summed E-state index contributed by atoms with van der Waals surface area (Å²) in [5, 5.41) is 7.44. The smallest absolute Gasteiger partial charge is 0.254 e. The number of nitrogens with zero attached hydrogens (tertiary/aromatic N) is 5. The summed E-state index contributed by atoms with van der Waals surface area (Å²) in [5.41, 5.74) is 5.81. The van der Waals surface area contributed by atoms with E-state index in [9.17, 15) is 4.79 Å². The Balaban J connectivity index is 1.40. The molecule has 32 heavy (non-hydrogen) atoms. The van der Waals surface area contributed by atoms with Crippen molar-refractivity contribution >= 4 is 28.3 Å². The Hall–Kier alpha value is -3.03. The van der Waals surface area contributed by atoms with E-state index in [1.54, 1.807) is 16.0 Å². The van der Waals surface area contributed by atoms with E-state index < -0.39 is 0 Å². The molecular weight excluding hydrogens is 418 g/mol. The lowest BCUT2D eigenvalue weighted by Crippen LogP contribution is -2.48. The molecule has 0 N–H and O–H groups in total. The summed E-state index contributed by atoms with van der Waals surface area (Å²) in [6.07, 6.45) is 0. The number of hydrogen-bond acceptors (Lipinski definition) is 5. The van der Waals surface area contributed by atoms with Gasteiger partial charge in [0.1, 0.15) is 0 Å². The van der Waals surface area contributed by atoms with Gasteiger partial charge in [-0.2, -0.15) is 5.10 Å². The van der Waals surface area contributed by atoms with Gasteiger partial charge >= 0.3 is 0 Å². The average Bonchev–Trinajstić information content (AvgIpc) is 3.43. The number of fused-ring (bicyclic) bond motifs is 1. The fraction of sp³-hybridized carbons (Fsp3) is 0.320. The summed E-state index contributed by atoms with van der Waals surface area (Å²) in [6.45, 7) is 8.23. The first-order chi connectivity index (χ1) is 15.5. The molecule has 1 saturated heterocycles. The first-order valence-corrected chi connectivity index (χ1v) is 11.8. The molecule has 0 unspecified atom stereocenters. The van der Waals surface area contributed by atoms with Gasteiger partial charge in [-0.3, -0.25) is 14.4 Å². The van der Waals surface area contributed by atoms with Crippen LogP contribution < -0.4 is 0 Å². The second kappa shape index (κ2) is 8.48. The number of thiophene rings is 1. The molecule has 0 bridgehead atoms. The van der Waals surface area contributed by atoms with Crippen LogP contribution in [0.1, 0.15) is 27.2 Å². The standard InChI is InChI=1S/C25H27N5OS/c1-17-7-4-5-8-19(17)16-29-10-12-30(13-11-29)25(31)20-15-21(22-9-6-14-32-22)26-24-23(20)18(2)27-28(24)3/h4-9,14-15H,10-13,16H2,1-3H3. The van der Waals surface area contributed by atoms with Crippen molar-refractivity contribution in [2.24, 2.45) is 7.05 Å². The fourth-order valence-corrected chi connectivity index (χ4v) is 5.16. The van der Waals surface area contributed by atoms with Crippen LogP contribution >= 0.6 is 11.3 Å². The van der Waals surface area contributed by atoms with Crippen molar-refractivity contribution in [3.63, 3.8) is 0 Å². The molecule has 5 rings (SSSR count). The van der Waals surface area contributed by atoms with E-state index in [2.05, 4.69) is 41.2 Å². The largest absolute Gasteiger partial charge is 0.336 e. The Morgan fingerprint density at radius 3 is 2.56 bits per heavy atom. The SMILES string of the molecule is Cc1ccccc1CN1CCN(C(=O)c2cc(-c3cccs3)nc3c2c(C)nn3C)CC1. The lowest BCUT2D eigenvalue weighted by molar-refractivity contribution is 0.0630. The number of carbonyl (C=O) groups is 1. The normalized spacial score (nSPS) is 14.9. The molecule has 1 aromatic carbocycles. The maximum absolute atomic E-state index is 13.7. The number of aromatic nitrogens is 3. The van der Waals surface area contributed by atoms with Gasteiger partial charge in [-0.1, -0.05) is 30.3 Å². The van der Waals surface area contributed by atoms with Crippen LogP contribution in [-0.4, -0.2) is 56.7 Å². The molecule has 0 saturated carbocycles. The summed E-state index contributed by atoms with van der Waals surface area (Å²) in [4.78, 5) is 24.0. The van der Waals surface area contributed by atoms with E-state index >= 15 is 0 Å². The van der Waals surface area contributed by atoms with Crippen molar-refractivity contribution in [2.45, 2.75) is 20.4 Å². The minimum Gasteiger partial charge on any atom is -0.336 e. The molecule has 1 amide bonds. The van der Waals surface area contributed by atoms with Gasteiger partial charge in [0.2, 0.25) is 0 Å². The quantitative estimate of drug-likeness (QED) is 0.471. The van der Waals surface area contributed by atoms with E-state index in [1.807, 2.05) is 42.5 Å². The number of piperazine rings is 1. The first kappa shape index (κ1) is 20.8. The molecular formula is C25H27N5OS. The highest BCUT2D eigenvalue weighted by Crippen LogP contribution is 2.30. The molecule has 4 heterocycles. The lowest BCUT2D eigenvalue weighted by atomic mass is 10.1. The zero-order chi connectivity index (χ0) is 22.2. The zero-order valence-corrected chi connectivity index (χ0v) is 19.5. The van der Waals surface area contributed by atoms with Gasteiger partial charge in [-0.15, -0.1) is 11.3 Å². The van der Waals surface area contributed by atoms with Crippen LogP contribution in [0.25, 0.3) is 21.6 Å². The highest BCUT2D eigenvalue weighted by molar-refractivity contribution is 7.13. The molecule has 0 radical (unpaired) electrons. The number of hydrogen-bond donors (Lipinski definition) is 0. The Morgan fingerprint density at radius 2 is 1.84 bits per heavy atom. The summed E-state index contributed by atoms with van der Waals surface area (Å²) < 4.78 is 1.78. The van der Waals surface area contributed by atoms with Gasteiger partial charge in [-0.05, 0) is 42.5 Å². The highest BCUT2D eigenvalue weighted by Gasteiger charge is 2.26. The first-order valence-electron chi connectivity index (χ1n) is 11.0. The summed E-state index contributed by atoms with van der Waals surface area (Å²) in [6, 6.07) is 14.5. The van der Waals surface area contributed by atoms with Crippen molar-refractivity contribution in [1.82, 2.24) is 24.6 Å². The number of benzene rings is 1. The number of aryl methyl sites for hydroxylation is 3. The van der Waals surface area contributed by atoms with Gasteiger partial charge in [0.25, 0.3) is 5.91 Å². The van der Waals surface area contributed by atoms with Crippen LogP contribution in [0, 0.1) is 13.8 Å². The Labute approximate surface area is 192 Å². The molecule has 0 atom stereocenters. The average molecular weight is 446 g/mol. The van der Waals surface area contributed by atoms with E-state index in [1.165, 1.54) is 11.1 Å². The highest BCUT2D eigenvalue weighted by atomic mass is 32.1. The maximum Gasteiger partial charge on any atom is 0.254 e. The third-order valence-corrected chi connectivity index (χ3v) is 7.18.